The first-order valence-electron chi connectivity index (χ1n) is 7.65. The van der Waals surface area contributed by atoms with E-state index in [1.165, 1.54) is 16.8 Å². The minimum Gasteiger partial charge on any atom is -0.497 e. The molecule has 23 heavy (non-hydrogen) atoms. The third kappa shape index (κ3) is 3.37. The second kappa shape index (κ2) is 6.84. The molecule has 0 bridgehead atoms. The van der Waals surface area contributed by atoms with Crippen LogP contribution in [0.2, 0.25) is 0 Å². The van der Waals surface area contributed by atoms with Gasteiger partial charge in [0.2, 0.25) is 0 Å². The number of methoxy groups -OCH3 is 1. The molecule has 1 heterocycles. The Morgan fingerprint density at radius 3 is 2.35 bits per heavy atom. The topological polar surface area (TPSA) is 26.5 Å². The van der Waals surface area contributed by atoms with Gasteiger partial charge in [0.15, 0.2) is 4.80 Å². The smallest absolute Gasteiger partial charge is 0.190 e. The van der Waals surface area contributed by atoms with Crippen LogP contribution in [-0.2, 0) is 6.54 Å². The largest absolute Gasteiger partial charge is 0.497 e. The maximum atomic E-state index is 5.23. The number of rotatable bonds is 4. The SMILES string of the molecule is CCn1c(-c2ccc(OC)cc2)csc1=Nc1ccc(C)cc1. The first kappa shape index (κ1) is 15.6. The van der Waals surface area contributed by atoms with Crippen LogP contribution in [0.3, 0.4) is 0 Å². The Morgan fingerprint density at radius 2 is 1.74 bits per heavy atom. The molecular weight excluding hydrogens is 304 g/mol. The van der Waals surface area contributed by atoms with Gasteiger partial charge in [0.1, 0.15) is 5.75 Å². The van der Waals surface area contributed by atoms with Gasteiger partial charge in [-0.05, 0) is 55.8 Å². The molecule has 4 heteroatoms. The summed E-state index contributed by atoms with van der Waals surface area (Å²) < 4.78 is 7.48. The average molecular weight is 324 g/mol. The molecule has 0 unspecified atom stereocenters. The summed E-state index contributed by atoms with van der Waals surface area (Å²) in [6.45, 7) is 5.12. The molecule has 3 nitrogen and oxygen atoms in total. The zero-order valence-electron chi connectivity index (χ0n) is 13.6. The van der Waals surface area contributed by atoms with E-state index in [4.69, 9.17) is 9.73 Å². The van der Waals surface area contributed by atoms with Crippen molar-refractivity contribution < 1.29 is 4.74 Å². The van der Waals surface area contributed by atoms with Crippen molar-refractivity contribution in [3.63, 3.8) is 0 Å². The van der Waals surface area contributed by atoms with Gasteiger partial charge in [-0.25, -0.2) is 4.99 Å². The first-order chi connectivity index (χ1) is 11.2. The van der Waals surface area contributed by atoms with Gasteiger partial charge in [-0.1, -0.05) is 17.7 Å². The van der Waals surface area contributed by atoms with Gasteiger partial charge < -0.3 is 9.30 Å². The highest BCUT2D eigenvalue weighted by Crippen LogP contribution is 2.23. The molecule has 1 aromatic heterocycles. The van der Waals surface area contributed by atoms with Gasteiger partial charge in [0.25, 0.3) is 0 Å². The zero-order valence-corrected chi connectivity index (χ0v) is 14.4. The van der Waals surface area contributed by atoms with E-state index in [-0.39, 0.29) is 0 Å². The summed E-state index contributed by atoms with van der Waals surface area (Å²) in [4.78, 5) is 5.81. The summed E-state index contributed by atoms with van der Waals surface area (Å²) in [5.41, 5.74) is 4.60. The third-order valence-electron chi connectivity index (χ3n) is 3.76. The highest BCUT2D eigenvalue weighted by molar-refractivity contribution is 7.07. The number of aryl methyl sites for hydroxylation is 1. The summed E-state index contributed by atoms with van der Waals surface area (Å²) in [5, 5.41) is 2.17. The summed E-state index contributed by atoms with van der Waals surface area (Å²) in [7, 11) is 1.68. The van der Waals surface area contributed by atoms with Crippen LogP contribution in [0.1, 0.15) is 12.5 Å². The van der Waals surface area contributed by atoms with Crippen LogP contribution < -0.4 is 9.54 Å². The predicted molar refractivity (Wildman–Crippen MR) is 96.4 cm³/mol. The van der Waals surface area contributed by atoms with Crippen molar-refractivity contribution in [3.8, 4) is 17.0 Å². The molecule has 3 aromatic rings. The molecule has 0 atom stereocenters. The second-order valence-electron chi connectivity index (χ2n) is 5.32. The normalized spacial score (nSPS) is 11.7. The standard InChI is InChI=1S/C19H20N2OS/c1-4-21-18(15-7-11-17(22-3)12-8-15)13-23-19(21)20-16-9-5-14(2)6-10-16/h5-13H,4H2,1-3H3. The molecule has 3 rings (SSSR count). The van der Waals surface area contributed by atoms with E-state index >= 15 is 0 Å². The Labute approximate surface area is 140 Å². The number of nitrogens with zero attached hydrogens (tertiary/aromatic N) is 2. The molecule has 0 amide bonds. The minimum atomic E-state index is 0.872. The number of hydrogen-bond donors (Lipinski definition) is 0. The second-order valence-corrected chi connectivity index (χ2v) is 6.16. The Kier molecular flexibility index (Phi) is 4.63. The van der Waals surface area contributed by atoms with Crippen molar-refractivity contribution in [1.82, 2.24) is 4.57 Å². The van der Waals surface area contributed by atoms with Crippen molar-refractivity contribution in [2.45, 2.75) is 20.4 Å². The lowest BCUT2D eigenvalue weighted by Crippen LogP contribution is -2.14. The monoisotopic (exact) mass is 324 g/mol. The van der Waals surface area contributed by atoms with Gasteiger partial charge in [-0.2, -0.15) is 0 Å². The lowest BCUT2D eigenvalue weighted by Gasteiger charge is -2.07. The van der Waals surface area contributed by atoms with Crippen LogP contribution in [0, 0.1) is 6.92 Å². The summed E-state index contributed by atoms with van der Waals surface area (Å²) in [6.07, 6.45) is 0. The molecule has 0 fully saturated rings. The van der Waals surface area contributed by atoms with Crippen LogP contribution in [0.4, 0.5) is 5.69 Å². The van der Waals surface area contributed by atoms with E-state index < -0.39 is 0 Å². The van der Waals surface area contributed by atoms with Gasteiger partial charge in [-0.15, -0.1) is 11.3 Å². The van der Waals surface area contributed by atoms with E-state index in [2.05, 4.69) is 60.2 Å². The van der Waals surface area contributed by atoms with Crippen LogP contribution in [0.15, 0.2) is 58.9 Å². The van der Waals surface area contributed by atoms with Crippen molar-refractivity contribution in [2.75, 3.05) is 7.11 Å². The quantitative estimate of drug-likeness (QED) is 0.678. The summed E-state index contributed by atoms with van der Waals surface area (Å²) >= 11 is 1.67. The molecule has 0 saturated carbocycles. The Hall–Kier alpha value is -2.33. The summed E-state index contributed by atoms with van der Waals surface area (Å²) in [5.74, 6) is 0.872. The zero-order chi connectivity index (χ0) is 16.2. The fraction of sp³-hybridized carbons (Fsp3) is 0.211. The highest BCUT2D eigenvalue weighted by Gasteiger charge is 2.07. The van der Waals surface area contributed by atoms with E-state index in [1.54, 1.807) is 18.4 Å². The lowest BCUT2D eigenvalue weighted by atomic mass is 10.1. The van der Waals surface area contributed by atoms with E-state index in [9.17, 15) is 0 Å². The van der Waals surface area contributed by atoms with Crippen molar-refractivity contribution in [3.05, 3.63) is 64.3 Å². The highest BCUT2D eigenvalue weighted by atomic mass is 32.1. The van der Waals surface area contributed by atoms with Crippen LogP contribution in [0.25, 0.3) is 11.3 Å². The average Bonchev–Trinajstić information content (AvgIpc) is 2.99. The van der Waals surface area contributed by atoms with Gasteiger partial charge in [0.05, 0.1) is 18.5 Å². The van der Waals surface area contributed by atoms with Crippen LogP contribution in [-0.4, -0.2) is 11.7 Å². The number of thiazole rings is 1. The van der Waals surface area contributed by atoms with Crippen molar-refractivity contribution in [2.24, 2.45) is 4.99 Å². The molecule has 0 spiro atoms. The molecule has 0 aliphatic rings. The number of ether oxygens (including phenoxy) is 1. The fourth-order valence-corrected chi connectivity index (χ4v) is 3.44. The minimum absolute atomic E-state index is 0.872. The Morgan fingerprint density at radius 1 is 1.04 bits per heavy atom. The molecule has 0 saturated heterocycles. The molecule has 0 radical (unpaired) electrons. The van der Waals surface area contributed by atoms with E-state index in [0.717, 1.165) is 22.8 Å². The van der Waals surface area contributed by atoms with Crippen LogP contribution >= 0.6 is 11.3 Å². The maximum Gasteiger partial charge on any atom is 0.190 e. The summed E-state index contributed by atoms with van der Waals surface area (Å²) in [6, 6.07) is 16.4. The molecule has 0 aliphatic carbocycles. The maximum absolute atomic E-state index is 5.23. The number of hydrogen-bond acceptors (Lipinski definition) is 3. The molecule has 0 aliphatic heterocycles. The molecule has 2 aromatic carbocycles. The Balaban J connectivity index is 2.03. The van der Waals surface area contributed by atoms with E-state index in [0.29, 0.717) is 0 Å². The number of benzene rings is 2. The first-order valence-corrected chi connectivity index (χ1v) is 8.53. The molecule has 0 N–H and O–H groups in total. The Bertz CT molecular complexity index is 842. The van der Waals surface area contributed by atoms with Crippen molar-refractivity contribution in [1.29, 1.82) is 0 Å². The van der Waals surface area contributed by atoms with Gasteiger partial charge in [-0.3, -0.25) is 0 Å². The predicted octanol–water partition coefficient (Wildman–Crippen LogP) is 4.79. The fourth-order valence-electron chi connectivity index (χ4n) is 2.45. The van der Waals surface area contributed by atoms with E-state index in [1.807, 2.05) is 12.1 Å². The lowest BCUT2D eigenvalue weighted by molar-refractivity contribution is 0.415. The third-order valence-corrected chi connectivity index (χ3v) is 4.62. The molecular formula is C19H20N2OS. The van der Waals surface area contributed by atoms with Crippen LogP contribution in [0.5, 0.6) is 5.75 Å². The van der Waals surface area contributed by atoms with Gasteiger partial charge >= 0.3 is 0 Å². The number of aromatic nitrogens is 1. The van der Waals surface area contributed by atoms with Gasteiger partial charge in [0, 0.05) is 11.9 Å². The molecule has 118 valence electrons. The van der Waals surface area contributed by atoms with Crippen molar-refractivity contribution >= 4 is 17.0 Å².